The molecule has 1 fully saturated rings. The summed E-state index contributed by atoms with van der Waals surface area (Å²) in [5, 5.41) is 21.1. The second-order valence-electron chi connectivity index (χ2n) is 4.31. The minimum Gasteiger partial charge on any atom is -0.396 e. The molecule has 0 unspecified atom stereocenters. The van der Waals surface area contributed by atoms with E-state index in [1.165, 1.54) is 12.1 Å². The van der Waals surface area contributed by atoms with Gasteiger partial charge in [-0.05, 0) is 31.0 Å². The normalized spacial score (nSPS) is 16.6. The molecule has 0 heterocycles. The van der Waals surface area contributed by atoms with Crippen LogP contribution in [-0.4, -0.2) is 18.3 Å². The summed E-state index contributed by atoms with van der Waals surface area (Å²) in [6.07, 6.45) is 2.00. The highest BCUT2D eigenvalue weighted by atomic mass is 19.1. The van der Waals surface area contributed by atoms with Gasteiger partial charge in [0.05, 0.1) is 17.9 Å². The molecule has 3 nitrogen and oxygen atoms in total. The first-order chi connectivity index (χ1) is 7.69. The van der Waals surface area contributed by atoms with Crippen molar-refractivity contribution in [3.8, 4) is 6.07 Å². The Balaban J connectivity index is 2.07. The van der Waals surface area contributed by atoms with E-state index in [2.05, 4.69) is 5.32 Å². The van der Waals surface area contributed by atoms with Crippen LogP contribution in [0.5, 0.6) is 0 Å². The zero-order chi connectivity index (χ0) is 11.6. The molecular formula is C12H13FN2O. The highest BCUT2D eigenvalue weighted by molar-refractivity contribution is 5.57. The summed E-state index contributed by atoms with van der Waals surface area (Å²) in [4.78, 5) is 0. The lowest BCUT2D eigenvalue weighted by Gasteiger charge is -2.14. The summed E-state index contributed by atoms with van der Waals surface area (Å²) in [6, 6.07) is 6.03. The number of halogens is 1. The number of aliphatic hydroxyl groups is 1. The van der Waals surface area contributed by atoms with Crippen LogP contribution in [0.1, 0.15) is 18.4 Å². The van der Waals surface area contributed by atoms with Crippen molar-refractivity contribution in [3.63, 3.8) is 0 Å². The number of hydrogen-bond acceptors (Lipinski definition) is 3. The second-order valence-corrected chi connectivity index (χ2v) is 4.31. The van der Waals surface area contributed by atoms with Crippen molar-refractivity contribution in [2.45, 2.75) is 12.8 Å². The van der Waals surface area contributed by atoms with Crippen molar-refractivity contribution >= 4 is 5.69 Å². The van der Waals surface area contributed by atoms with E-state index in [-0.39, 0.29) is 12.0 Å². The SMILES string of the molecule is N#Cc1cc(F)ccc1NCC1(CO)CC1. The quantitative estimate of drug-likeness (QED) is 0.814. The first kappa shape index (κ1) is 10.9. The van der Waals surface area contributed by atoms with E-state index in [0.29, 0.717) is 17.8 Å². The Kier molecular flexibility index (Phi) is 2.80. The van der Waals surface area contributed by atoms with Crippen molar-refractivity contribution in [2.24, 2.45) is 5.41 Å². The Morgan fingerprint density at radius 3 is 2.81 bits per heavy atom. The van der Waals surface area contributed by atoms with Gasteiger partial charge in [0.2, 0.25) is 0 Å². The van der Waals surface area contributed by atoms with Gasteiger partial charge in [-0.25, -0.2) is 4.39 Å². The van der Waals surface area contributed by atoms with E-state index in [4.69, 9.17) is 10.4 Å². The van der Waals surface area contributed by atoms with Gasteiger partial charge in [-0.2, -0.15) is 5.26 Å². The first-order valence-corrected chi connectivity index (χ1v) is 5.23. The van der Waals surface area contributed by atoms with E-state index in [1.807, 2.05) is 6.07 Å². The zero-order valence-electron chi connectivity index (χ0n) is 8.83. The van der Waals surface area contributed by atoms with E-state index in [9.17, 15) is 4.39 Å². The molecule has 1 aliphatic rings. The van der Waals surface area contributed by atoms with Gasteiger partial charge in [-0.15, -0.1) is 0 Å². The Bertz CT molecular complexity index is 435. The molecule has 0 bridgehead atoms. The van der Waals surface area contributed by atoms with Crippen molar-refractivity contribution in [1.29, 1.82) is 5.26 Å². The van der Waals surface area contributed by atoms with Gasteiger partial charge in [-0.1, -0.05) is 0 Å². The number of hydrogen-bond donors (Lipinski definition) is 2. The van der Waals surface area contributed by atoms with Gasteiger partial charge in [0.25, 0.3) is 0 Å². The van der Waals surface area contributed by atoms with Crippen LogP contribution in [0.3, 0.4) is 0 Å². The zero-order valence-corrected chi connectivity index (χ0v) is 8.83. The molecule has 0 aromatic heterocycles. The number of nitrogens with zero attached hydrogens (tertiary/aromatic N) is 1. The molecule has 2 N–H and O–H groups in total. The summed E-state index contributed by atoms with van der Waals surface area (Å²) in [6.45, 7) is 0.785. The summed E-state index contributed by atoms with van der Waals surface area (Å²) in [5.41, 5.74) is 0.901. The Hall–Kier alpha value is -1.60. The van der Waals surface area contributed by atoms with Crippen molar-refractivity contribution in [1.82, 2.24) is 0 Å². The van der Waals surface area contributed by atoms with Crippen LogP contribution < -0.4 is 5.32 Å². The maximum atomic E-state index is 12.9. The molecule has 84 valence electrons. The first-order valence-electron chi connectivity index (χ1n) is 5.23. The fourth-order valence-corrected chi connectivity index (χ4v) is 1.61. The van der Waals surface area contributed by atoms with Crippen LogP contribution in [0, 0.1) is 22.6 Å². The van der Waals surface area contributed by atoms with Gasteiger partial charge in [-0.3, -0.25) is 0 Å². The van der Waals surface area contributed by atoms with E-state index >= 15 is 0 Å². The number of anilines is 1. The van der Waals surface area contributed by atoms with Gasteiger partial charge in [0.15, 0.2) is 0 Å². The number of aliphatic hydroxyl groups excluding tert-OH is 1. The number of benzene rings is 1. The summed E-state index contributed by atoms with van der Waals surface area (Å²) in [5.74, 6) is -0.412. The average Bonchev–Trinajstić information content (AvgIpc) is 3.08. The molecule has 0 radical (unpaired) electrons. The van der Waals surface area contributed by atoms with E-state index < -0.39 is 5.82 Å². The van der Waals surface area contributed by atoms with Crippen LogP contribution in [0.25, 0.3) is 0 Å². The monoisotopic (exact) mass is 220 g/mol. The molecule has 2 rings (SSSR count). The molecule has 1 aromatic rings. The van der Waals surface area contributed by atoms with Crippen molar-refractivity contribution < 1.29 is 9.50 Å². The third-order valence-corrected chi connectivity index (χ3v) is 3.05. The third-order valence-electron chi connectivity index (χ3n) is 3.05. The molecule has 0 atom stereocenters. The summed E-state index contributed by atoms with van der Waals surface area (Å²) in [7, 11) is 0. The standard InChI is InChI=1S/C12H13FN2O/c13-10-1-2-11(9(5-10)6-14)15-7-12(8-16)3-4-12/h1-2,5,15-16H,3-4,7-8H2. The lowest BCUT2D eigenvalue weighted by atomic mass is 10.1. The molecule has 1 aliphatic carbocycles. The summed E-state index contributed by atoms with van der Waals surface area (Å²) < 4.78 is 12.9. The molecular weight excluding hydrogens is 207 g/mol. The molecule has 1 saturated carbocycles. The van der Waals surface area contributed by atoms with Crippen LogP contribution in [0.2, 0.25) is 0 Å². The smallest absolute Gasteiger partial charge is 0.124 e. The maximum absolute atomic E-state index is 12.9. The Morgan fingerprint density at radius 1 is 1.50 bits per heavy atom. The average molecular weight is 220 g/mol. The highest BCUT2D eigenvalue weighted by Crippen LogP contribution is 2.45. The Labute approximate surface area is 93.5 Å². The minimum atomic E-state index is -0.412. The molecule has 4 heteroatoms. The maximum Gasteiger partial charge on any atom is 0.124 e. The van der Waals surface area contributed by atoms with Crippen LogP contribution in [0.15, 0.2) is 18.2 Å². The highest BCUT2D eigenvalue weighted by Gasteiger charge is 2.41. The lowest BCUT2D eigenvalue weighted by molar-refractivity contribution is 0.220. The molecule has 16 heavy (non-hydrogen) atoms. The van der Waals surface area contributed by atoms with E-state index in [0.717, 1.165) is 12.8 Å². The summed E-state index contributed by atoms with van der Waals surface area (Å²) >= 11 is 0. The molecule has 0 aliphatic heterocycles. The van der Waals surface area contributed by atoms with Crippen molar-refractivity contribution in [2.75, 3.05) is 18.5 Å². The minimum absolute atomic E-state index is 0.0267. The predicted octanol–water partition coefficient (Wildman–Crippen LogP) is 1.88. The molecule has 0 amide bonds. The van der Waals surface area contributed by atoms with Gasteiger partial charge < -0.3 is 10.4 Å². The van der Waals surface area contributed by atoms with Crippen LogP contribution in [0.4, 0.5) is 10.1 Å². The van der Waals surface area contributed by atoms with Crippen LogP contribution in [-0.2, 0) is 0 Å². The van der Waals surface area contributed by atoms with Gasteiger partial charge >= 0.3 is 0 Å². The van der Waals surface area contributed by atoms with Gasteiger partial charge in [0.1, 0.15) is 11.9 Å². The molecule has 0 saturated heterocycles. The Morgan fingerprint density at radius 2 is 2.25 bits per heavy atom. The van der Waals surface area contributed by atoms with Crippen molar-refractivity contribution in [3.05, 3.63) is 29.6 Å². The molecule has 0 spiro atoms. The number of nitriles is 1. The lowest BCUT2D eigenvalue weighted by Crippen LogP contribution is -2.19. The van der Waals surface area contributed by atoms with Gasteiger partial charge in [0, 0.05) is 12.0 Å². The topological polar surface area (TPSA) is 56.0 Å². The largest absolute Gasteiger partial charge is 0.396 e. The van der Waals surface area contributed by atoms with Crippen LogP contribution >= 0.6 is 0 Å². The number of rotatable bonds is 4. The number of nitrogens with one attached hydrogen (secondary N) is 1. The predicted molar refractivity (Wildman–Crippen MR) is 58.4 cm³/mol. The fraction of sp³-hybridized carbons (Fsp3) is 0.417. The third kappa shape index (κ3) is 2.15. The van der Waals surface area contributed by atoms with E-state index in [1.54, 1.807) is 6.07 Å². The fourth-order valence-electron chi connectivity index (χ4n) is 1.61. The second kappa shape index (κ2) is 4.11. The molecule has 1 aromatic carbocycles.